The summed E-state index contributed by atoms with van der Waals surface area (Å²) in [6.07, 6.45) is 8.05. The van der Waals surface area contributed by atoms with Crippen LogP contribution in [0.25, 0.3) is 22.3 Å². The van der Waals surface area contributed by atoms with E-state index in [1.807, 2.05) is 26.8 Å². The van der Waals surface area contributed by atoms with Gasteiger partial charge in [-0.2, -0.15) is 0 Å². The van der Waals surface area contributed by atoms with E-state index in [1.165, 1.54) is 82.2 Å². The van der Waals surface area contributed by atoms with Gasteiger partial charge in [-0.25, -0.2) is 4.79 Å². The van der Waals surface area contributed by atoms with Crippen LogP contribution in [0.15, 0.2) is 78.9 Å². The van der Waals surface area contributed by atoms with Gasteiger partial charge < -0.3 is 4.74 Å². The summed E-state index contributed by atoms with van der Waals surface area (Å²) in [6, 6.07) is 30.4. The van der Waals surface area contributed by atoms with Gasteiger partial charge in [-0.3, -0.25) is 5.32 Å². The van der Waals surface area contributed by atoms with Crippen molar-refractivity contribution in [1.82, 2.24) is 0 Å². The van der Waals surface area contributed by atoms with Crippen molar-refractivity contribution in [2.24, 2.45) is 17.8 Å². The Morgan fingerprint density at radius 3 is 2.17 bits per heavy atom. The molecule has 1 spiro atoms. The molecule has 0 aliphatic heterocycles. The number of nitrogens with one attached hydrogen (secondary N) is 1. The van der Waals surface area contributed by atoms with Crippen molar-refractivity contribution in [3.05, 3.63) is 112 Å². The summed E-state index contributed by atoms with van der Waals surface area (Å²) in [5, 5.41) is 3.19. The number of benzene rings is 4. The van der Waals surface area contributed by atoms with Gasteiger partial charge in [0.15, 0.2) is 0 Å². The molecule has 4 unspecified atom stereocenters. The molecule has 1 saturated carbocycles. The van der Waals surface area contributed by atoms with E-state index in [1.54, 1.807) is 0 Å². The first-order valence-electron chi connectivity index (χ1n) is 20.2. The Balaban J connectivity index is 1.47. The predicted octanol–water partition coefficient (Wildman–Crippen LogP) is 13.6. The highest BCUT2D eigenvalue weighted by Gasteiger charge is 2.56. The van der Waals surface area contributed by atoms with Crippen LogP contribution in [-0.2, 0) is 21.0 Å². The molecule has 3 aliphatic rings. The molecule has 0 aromatic heterocycles. The van der Waals surface area contributed by atoms with Gasteiger partial charge in [0.1, 0.15) is 5.60 Å². The van der Waals surface area contributed by atoms with E-state index < -0.39 is 17.1 Å². The normalized spacial score (nSPS) is 22.2. The zero-order valence-corrected chi connectivity index (χ0v) is 33.5. The molecule has 4 aromatic rings. The predicted molar refractivity (Wildman–Crippen MR) is 218 cm³/mol. The molecule has 274 valence electrons. The van der Waals surface area contributed by atoms with Gasteiger partial charge in [0.05, 0.1) is 11.1 Å². The second kappa shape index (κ2) is 13.2. The Kier molecular flexibility index (Phi) is 9.28. The Morgan fingerprint density at radius 1 is 0.808 bits per heavy atom. The van der Waals surface area contributed by atoms with E-state index in [9.17, 15) is 4.79 Å². The molecule has 4 atom stereocenters. The molecule has 1 N–H and O–H groups in total. The largest absolute Gasteiger partial charge is 0.444 e. The van der Waals surface area contributed by atoms with Gasteiger partial charge in [-0.15, -0.1) is 0 Å². The fraction of sp³-hybridized carbons (Fsp3) is 0.490. The minimum absolute atomic E-state index is 0.0798. The second-order valence-electron chi connectivity index (χ2n) is 18.4. The number of amides is 1. The summed E-state index contributed by atoms with van der Waals surface area (Å²) in [6.45, 7) is 22.4. The minimum Gasteiger partial charge on any atom is -0.444 e. The van der Waals surface area contributed by atoms with E-state index in [0.29, 0.717) is 11.8 Å². The Morgan fingerprint density at radius 2 is 1.50 bits per heavy atom. The Labute approximate surface area is 314 Å². The van der Waals surface area contributed by atoms with Crippen LogP contribution in [0.1, 0.15) is 148 Å². The van der Waals surface area contributed by atoms with E-state index in [4.69, 9.17) is 4.74 Å². The SMILES string of the molecule is CCC(C)(CCCC(C)C)c1ccc2c(c1)C1(c3cc(C4(CC)CC4CC(C)C)ccc3-2)c2ccccc2-c2c(NC(=O)OC(C)(C)C)cccc21. The first-order chi connectivity index (χ1) is 24.7. The Bertz CT molecular complexity index is 2000. The summed E-state index contributed by atoms with van der Waals surface area (Å²) >= 11 is 0. The first kappa shape index (κ1) is 36.5. The maximum absolute atomic E-state index is 13.3. The molecular weight excluding hydrogens is 635 g/mol. The summed E-state index contributed by atoms with van der Waals surface area (Å²) < 4.78 is 5.79. The summed E-state index contributed by atoms with van der Waals surface area (Å²) in [4.78, 5) is 13.3. The highest BCUT2D eigenvalue weighted by molar-refractivity contribution is 6.01. The number of ether oxygens (including phenoxy) is 1. The molecule has 1 fully saturated rings. The lowest BCUT2D eigenvalue weighted by Gasteiger charge is -2.34. The number of carbonyl (C=O) groups is 1. The van der Waals surface area contributed by atoms with Crippen LogP contribution in [0.2, 0.25) is 0 Å². The van der Waals surface area contributed by atoms with Gasteiger partial charge in [0, 0.05) is 5.56 Å². The quantitative estimate of drug-likeness (QED) is 0.146. The summed E-state index contributed by atoms with van der Waals surface area (Å²) in [5.74, 6) is 2.13. The molecule has 0 heterocycles. The topological polar surface area (TPSA) is 38.3 Å². The number of rotatable bonds is 11. The van der Waals surface area contributed by atoms with E-state index >= 15 is 0 Å². The zero-order chi connectivity index (χ0) is 37.2. The number of hydrogen-bond acceptors (Lipinski definition) is 2. The van der Waals surface area contributed by atoms with Crippen molar-refractivity contribution in [3.8, 4) is 22.3 Å². The van der Waals surface area contributed by atoms with Gasteiger partial charge in [-0.05, 0) is 138 Å². The maximum atomic E-state index is 13.3. The molecule has 52 heavy (non-hydrogen) atoms. The minimum atomic E-state index is -0.593. The average molecular weight is 696 g/mol. The molecular formula is C49H61NO2. The van der Waals surface area contributed by atoms with Gasteiger partial charge in [-0.1, -0.05) is 134 Å². The van der Waals surface area contributed by atoms with Crippen molar-refractivity contribution >= 4 is 11.8 Å². The van der Waals surface area contributed by atoms with E-state index in [2.05, 4.69) is 127 Å². The third-order valence-electron chi connectivity index (χ3n) is 13.0. The average Bonchev–Trinajstić information content (AvgIpc) is 3.60. The molecule has 1 amide bonds. The van der Waals surface area contributed by atoms with Crippen LogP contribution in [0.3, 0.4) is 0 Å². The monoisotopic (exact) mass is 695 g/mol. The molecule has 3 aliphatic carbocycles. The smallest absolute Gasteiger partial charge is 0.412 e. The van der Waals surface area contributed by atoms with Gasteiger partial charge in [0.25, 0.3) is 0 Å². The third kappa shape index (κ3) is 5.91. The van der Waals surface area contributed by atoms with Crippen molar-refractivity contribution in [3.63, 3.8) is 0 Å². The van der Waals surface area contributed by atoms with Gasteiger partial charge >= 0.3 is 6.09 Å². The first-order valence-corrected chi connectivity index (χ1v) is 20.2. The second-order valence-corrected chi connectivity index (χ2v) is 18.4. The van der Waals surface area contributed by atoms with E-state index in [0.717, 1.165) is 30.0 Å². The lowest BCUT2D eigenvalue weighted by molar-refractivity contribution is 0.0636. The van der Waals surface area contributed by atoms with Crippen LogP contribution in [-0.4, -0.2) is 11.7 Å². The molecule has 0 radical (unpaired) electrons. The van der Waals surface area contributed by atoms with Crippen molar-refractivity contribution in [1.29, 1.82) is 0 Å². The molecule has 0 saturated heterocycles. The molecule has 3 nitrogen and oxygen atoms in total. The molecule has 0 bridgehead atoms. The van der Waals surface area contributed by atoms with Crippen LogP contribution >= 0.6 is 0 Å². The van der Waals surface area contributed by atoms with Crippen molar-refractivity contribution in [2.45, 2.75) is 136 Å². The van der Waals surface area contributed by atoms with Crippen LogP contribution in [0, 0.1) is 17.8 Å². The van der Waals surface area contributed by atoms with Crippen molar-refractivity contribution in [2.75, 3.05) is 5.32 Å². The molecule has 3 heteroatoms. The summed E-state index contributed by atoms with van der Waals surface area (Å²) in [7, 11) is 0. The van der Waals surface area contributed by atoms with Crippen LogP contribution in [0.4, 0.5) is 10.5 Å². The number of anilines is 1. The Hall–Kier alpha value is -3.85. The zero-order valence-electron chi connectivity index (χ0n) is 33.5. The van der Waals surface area contributed by atoms with Gasteiger partial charge in [0.2, 0.25) is 0 Å². The fourth-order valence-electron chi connectivity index (χ4n) is 10.1. The number of hydrogen-bond donors (Lipinski definition) is 1. The van der Waals surface area contributed by atoms with Crippen LogP contribution < -0.4 is 5.32 Å². The standard InChI is InChI=1S/C49H61NO2/c1-11-47(10,26-16-17-31(3)4)33-22-24-36-37-25-23-34(48(12-2)30-35(48)27-32(5)6)29-42(37)49(41(36)28-33)39-19-14-13-18-38(39)44-40(49)20-15-21-43(44)50-45(51)52-46(7,8)9/h13-15,18-25,28-29,31-32,35H,11-12,16-17,26-27,30H2,1-10H3,(H,50,51). The summed E-state index contributed by atoms with van der Waals surface area (Å²) in [5.41, 5.74) is 13.2. The maximum Gasteiger partial charge on any atom is 0.412 e. The highest BCUT2D eigenvalue weighted by Crippen LogP contribution is 2.66. The molecule has 4 aromatic carbocycles. The van der Waals surface area contributed by atoms with Crippen molar-refractivity contribution < 1.29 is 9.53 Å². The van der Waals surface area contributed by atoms with E-state index in [-0.39, 0.29) is 10.8 Å². The molecule has 7 rings (SSSR count). The number of carbonyl (C=O) groups excluding carboxylic acids is 1. The lowest BCUT2D eigenvalue weighted by Crippen LogP contribution is -2.28. The highest BCUT2D eigenvalue weighted by atomic mass is 16.6. The fourth-order valence-corrected chi connectivity index (χ4v) is 10.1. The number of fused-ring (bicyclic) bond motifs is 10. The third-order valence-corrected chi connectivity index (χ3v) is 13.0. The lowest BCUT2D eigenvalue weighted by atomic mass is 9.68. The van der Waals surface area contributed by atoms with Crippen LogP contribution in [0.5, 0.6) is 0 Å².